The van der Waals surface area contributed by atoms with Gasteiger partial charge in [-0.2, -0.15) is 5.10 Å². The van der Waals surface area contributed by atoms with Gasteiger partial charge in [-0.15, -0.1) is 0 Å². The van der Waals surface area contributed by atoms with Gasteiger partial charge in [0.1, 0.15) is 16.9 Å². The molecule has 184 valence electrons. The van der Waals surface area contributed by atoms with E-state index in [-0.39, 0.29) is 12.3 Å². The van der Waals surface area contributed by atoms with E-state index in [1.54, 1.807) is 25.1 Å². The fourth-order valence-corrected chi connectivity index (χ4v) is 3.69. The van der Waals surface area contributed by atoms with Crippen LogP contribution in [0.5, 0.6) is 5.75 Å². The molecule has 0 saturated heterocycles. The van der Waals surface area contributed by atoms with Crippen molar-refractivity contribution in [2.45, 2.75) is 26.7 Å². The molecule has 1 heterocycles. The molecule has 0 spiro atoms. The number of amides is 3. The summed E-state index contributed by atoms with van der Waals surface area (Å²) in [6, 6.07) is 18.3. The first kappa shape index (κ1) is 24.5. The van der Waals surface area contributed by atoms with Gasteiger partial charge in [-0.3, -0.25) is 14.4 Å². The zero-order valence-corrected chi connectivity index (χ0v) is 20.2. The molecular weight excluding hydrogens is 460 g/mol. The Labute approximate surface area is 207 Å². The lowest BCUT2D eigenvalue weighted by atomic mass is 10.1. The van der Waals surface area contributed by atoms with Gasteiger partial charge in [-0.05, 0) is 43.2 Å². The number of aryl methyl sites for hydroxylation is 1. The molecule has 9 heteroatoms. The second kappa shape index (κ2) is 10.7. The predicted molar refractivity (Wildman–Crippen MR) is 139 cm³/mol. The number of hydrazone groups is 1. The Bertz CT molecular complexity index is 1470. The van der Waals surface area contributed by atoms with E-state index >= 15 is 0 Å². The molecule has 0 aliphatic rings. The van der Waals surface area contributed by atoms with Gasteiger partial charge in [-0.1, -0.05) is 37.3 Å². The molecule has 0 fully saturated rings. The van der Waals surface area contributed by atoms with E-state index in [0.29, 0.717) is 28.4 Å². The second-order valence-electron chi connectivity index (χ2n) is 8.16. The average molecular weight is 487 g/mol. The number of carbonyl (C=O) groups excluding carboxylic acids is 3. The number of hydrogen-bond acceptors (Lipinski definition) is 6. The standard InChI is InChI=1S/C27H26N4O5/c1-4-17-9-11-18(12-10-17)28-26(33)27(34)31-30-16(2)13-25(32)29-21-15-23-20(14-24(21)35-3)19-7-5-6-8-22(19)36-23/h5-12,14-15H,4,13H2,1-3H3,(H,28,33)(H,29,32)(H,31,34)/b30-16-. The van der Waals surface area contributed by atoms with Gasteiger partial charge >= 0.3 is 11.8 Å². The van der Waals surface area contributed by atoms with Crippen LogP contribution in [-0.4, -0.2) is 30.5 Å². The highest BCUT2D eigenvalue weighted by Gasteiger charge is 2.16. The summed E-state index contributed by atoms with van der Waals surface area (Å²) in [7, 11) is 1.52. The molecule has 3 aromatic carbocycles. The van der Waals surface area contributed by atoms with Crippen molar-refractivity contribution in [1.29, 1.82) is 0 Å². The number of nitrogens with one attached hydrogen (secondary N) is 3. The van der Waals surface area contributed by atoms with E-state index in [0.717, 1.165) is 28.3 Å². The Morgan fingerprint density at radius 3 is 2.39 bits per heavy atom. The summed E-state index contributed by atoms with van der Waals surface area (Å²) in [6.07, 6.45) is 0.763. The minimum absolute atomic E-state index is 0.109. The summed E-state index contributed by atoms with van der Waals surface area (Å²) >= 11 is 0. The fourth-order valence-electron chi connectivity index (χ4n) is 3.69. The van der Waals surface area contributed by atoms with Crippen molar-refractivity contribution in [2.75, 3.05) is 17.7 Å². The minimum atomic E-state index is -0.939. The number of benzene rings is 3. The normalized spacial score (nSPS) is 11.4. The van der Waals surface area contributed by atoms with Crippen molar-refractivity contribution >= 4 is 56.7 Å². The van der Waals surface area contributed by atoms with E-state index < -0.39 is 11.8 Å². The summed E-state index contributed by atoms with van der Waals surface area (Å²) in [5.41, 5.74) is 5.89. The Kier molecular flexibility index (Phi) is 7.29. The zero-order valence-electron chi connectivity index (χ0n) is 20.2. The summed E-state index contributed by atoms with van der Waals surface area (Å²) < 4.78 is 11.3. The number of fused-ring (bicyclic) bond motifs is 3. The smallest absolute Gasteiger partial charge is 0.329 e. The van der Waals surface area contributed by atoms with Crippen molar-refractivity contribution < 1.29 is 23.5 Å². The maximum absolute atomic E-state index is 12.6. The maximum atomic E-state index is 12.6. The minimum Gasteiger partial charge on any atom is -0.495 e. The average Bonchev–Trinajstić information content (AvgIpc) is 3.24. The molecule has 0 saturated carbocycles. The highest BCUT2D eigenvalue weighted by Crippen LogP contribution is 2.36. The summed E-state index contributed by atoms with van der Waals surface area (Å²) in [4.78, 5) is 36.8. The van der Waals surface area contributed by atoms with Crippen molar-refractivity contribution in [3.8, 4) is 5.75 Å². The lowest BCUT2D eigenvalue weighted by molar-refractivity contribution is -0.136. The molecule has 4 rings (SSSR count). The highest BCUT2D eigenvalue weighted by molar-refractivity contribution is 6.39. The van der Waals surface area contributed by atoms with Crippen LogP contribution in [0, 0.1) is 0 Å². The van der Waals surface area contributed by atoms with Gasteiger partial charge in [0, 0.05) is 28.2 Å². The summed E-state index contributed by atoms with van der Waals surface area (Å²) in [5, 5.41) is 11.0. The van der Waals surface area contributed by atoms with Crippen LogP contribution in [0.2, 0.25) is 0 Å². The first-order valence-electron chi connectivity index (χ1n) is 11.4. The number of para-hydroxylation sites is 1. The first-order valence-corrected chi connectivity index (χ1v) is 11.4. The molecule has 0 bridgehead atoms. The SMILES string of the molecule is CCc1ccc(NC(=O)C(=O)N/N=C(/C)CC(=O)Nc2cc3oc4ccccc4c3cc2OC)cc1. The summed E-state index contributed by atoms with van der Waals surface area (Å²) in [6.45, 7) is 3.60. The molecule has 3 N–H and O–H groups in total. The molecule has 4 aromatic rings. The molecule has 9 nitrogen and oxygen atoms in total. The van der Waals surface area contributed by atoms with Gasteiger partial charge < -0.3 is 19.8 Å². The lowest BCUT2D eigenvalue weighted by Gasteiger charge is -2.10. The first-order chi connectivity index (χ1) is 17.4. The van der Waals surface area contributed by atoms with Crippen LogP contribution in [0.4, 0.5) is 11.4 Å². The van der Waals surface area contributed by atoms with Crippen LogP contribution in [-0.2, 0) is 20.8 Å². The highest BCUT2D eigenvalue weighted by atomic mass is 16.5. The quantitative estimate of drug-likeness (QED) is 0.200. The third kappa shape index (κ3) is 5.52. The Hall–Kier alpha value is -4.66. The monoisotopic (exact) mass is 486 g/mol. The molecule has 0 radical (unpaired) electrons. The van der Waals surface area contributed by atoms with Crippen molar-refractivity contribution in [2.24, 2.45) is 5.10 Å². The van der Waals surface area contributed by atoms with Crippen LogP contribution < -0.4 is 20.8 Å². The lowest BCUT2D eigenvalue weighted by Crippen LogP contribution is -2.33. The third-order valence-corrected chi connectivity index (χ3v) is 5.56. The number of hydrogen-bond donors (Lipinski definition) is 3. The van der Waals surface area contributed by atoms with Crippen LogP contribution in [0.3, 0.4) is 0 Å². The van der Waals surface area contributed by atoms with Crippen molar-refractivity contribution in [1.82, 2.24) is 5.43 Å². The van der Waals surface area contributed by atoms with Gasteiger partial charge in [0.2, 0.25) is 5.91 Å². The number of anilines is 2. The van der Waals surface area contributed by atoms with E-state index in [1.807, 2.05) is 49.4 Å². The predicted octanol–water partition coefficient (Wildman–Crippen LogP) is 4.62. The number of carbonyl (C=O) groups is 3. The van der Waals surface area contributed by atoms with Crippen LogP contribution in [0.1, 0.15) is 25.8 Å². The van der Waals surface area contributed by atoms with Gasteiger partial charge in [0.25, 0.3) is 0 Å². The Morgan fingerprint density at radius 1 is 0.917 bits per heavy atom. The second-order valence-corrected chi connectivity index (χ2v) is 8.16. The summed E-state index contributed by atoms with van der Waals surface area (Å²) in [5.74, 6) is -1.69. The van der Waals surface area contributed by atoms with Gasteiger partial charge in [-0.25, -0.2) is 5.43 Å². The van der Waals surface area contributed by atoms with Crippen LogP contribution in [0.15, 0.2) is 70.2 Å². The number of methoxy groups -OCH3 is 1. The number of nitrogens with zero attached hydrogens (tertiary/aromatic N) is 1. The molecule has 0 unspecified atom stereocenters. The van der Waals surface area contributed by atoms with E-state index in [4.69, 9.17) is 9.15 Å². The molecular formula is C27H26N4O5. The van der Waals surface area contributed by atoms with Gasteiger partial charge in [0.05, 0.1) is 19.2 Å². The Balaban J connectivity index is 1.36. The zero-order chi connectivity index (χ0) is 25.7. The van der Waals surface area contributed by atoms with Crippen molar-refractivity contribution in [3.63, 3.8) is 0 Å². The molecule has 1 aromatic heterocycles. The third-order valence-electron chi connectivity index (χ3n) is 5.56. The van der Waals surface area contributed by atoms with E-state index in [1.165, 1.54) is 7.11 Å². The van der Waals surface area contributed by atoms with E-state index in [9.17, 15) is 14.4 Å². The van der Waals surface area contributed by atoms with Gasteiger partial charge in [0.15, 0.2) is 0 Å². The van der Waals surface area contributed by atoms with Crippen molar-refractivity contribution in [3.05, 3.63) is 66.2 Å². The van der Waals surface area contributed by atoms with Crippen LogP contribution in [0.25, 0.3) is 21.9 Å². The molecule has 3 amide bonds. The molecule has 0 atom stereocenters. The fraction of sp³-hybridized carbons (Fsp3) is 0.185. The topological polar surface area (TPSA) is 122 Å². The number of furan rings is 1. The molecule has 36 heavy (non-hydrogen) atoms. The maximum Gasteiger partial charge on any atom is 0.329 e. The van der Waals surface area contributed by atoms with Crippen LogP contribution >= 0.6 is 0 Å². The number of ether oxygens (including phenoxy) is 1. The Morgan fingerprint density at radius 2 is 1.67 bits per heavy atom. The molecule has 0 aliphatic carbocycles. The molecule has 0 aliphatic heterocycles. The van der Waals surface area contributed by atoms with E-state index in [2.05, 4.69) is 21.2 Å². The largest absolute Gasteiger partial charge is 0.495 e. The number of rotatable bonds is 7.